The van der Waals surface area contributed by atoms with E-state index >= 15 is 0 Å². The number of amides is 2. The van der Waals surface area contributed by atoms with Gasteiger partial charge >= 0.3 is 0 Å². The van der Waals surface area contributed by atoms with Crippen LogP contribution in [0.15, 0.2) is 77.7 Å². The molecule has 7 nitrogen and oxygen atoms in total. The van der Waals surface area contributed by atoms with Crippen LogP contribution in [0.25, 0.3) is 0 Å². The Morgan fingerprint density at radius 2 is 1.59 bits per heavy atom. The van der Waals surface area contributed by atoms with E-state index in [9.17, 15) is 18.0 Å². The Morgan fingerprint density at radius 1 is 0.927 bits per heavy atom. The van der Waals surface area contributed by atoms with Crippen LogP contribution >= 0.6 is 11.6 Å². The molecule has 0 aliphatic carbocycles. The number of rotatable bonds is 13. The van der Waals surface area contributed by atoms with Crippen LogP contribution in [0.5, 0.6) is 0 Å². The van der Waals surface area contributed by atoms with E-state index in [0.29, 0.717) is 29.1 Å². The second-order valence-electron chi connectivity index (χ2n) is 10.3. The average molecular weight is 598 g/mol. The van der Waals surface area contributed by atoms with Gasteiger partial charge in [-0.2, -0.15) is 0 Å². The zero-order valence-corrected chi connectivity index (χ0v) is 26.0. The fourth-order valence-electron chi connectivity index (χ4n) is 4.54. The lowest BCUT2D eigenvalue weighted by Crippen LogP contribution is -2.54. The first-order valence-electron chi connectivity index (χ1n) is 14.0. The summed E-state index contributed by atoms with van der Waals surface area (Å²) < 4.78 is 29.2. The zero-order chi connectivity index (χ0) is 30.2. The molecule has 1 N–H and O–H groups in total. The molecule has 3 aromatic carbocycles. The molecule has 0 aromatic heterocycles. The average Bonchev–Trinajstić information content (AvgIpc) is 2.95. The molecule has 3 aromatic rings. The van der Waals surface area contributed by atoms with Crippen molar-refractivity contribution in [3.8, 4) is 0 Å². The maximum absolute atomic E-state index is 14.1. The van der Waals surface area contributed by atoms with Crippen LogP contribution in [0, 0.1) is 13.8 Å². The molecule has 0 fully saturated rings. The summed E-state index contributed by atoms with van der Waals surface area (Å²) in [7, 11) is -4.15. The number of hydrogen-bond donors (Lipinski definition) is 1. The van der Waals surface area contributed by atoms with E-state index in [1.54, 1.807) is 37.3 Å². The summed E-state index contributed by atoms with van der Waals surface area (Å²) in [5, 5.41) is 3.34. The molecule has 0 heterocycles. The van der Waals surface area contributed by atoms with Crippen LogP contribution in [0.2, 0.25) is 5.02 Å². The largest absolute Gasteiger partial charge is 0.352 e. The van der Waals surface area contributed by atoms with Gasteiger partial charge in [0.15, 0.2) is 0 Å². The van der Waals surface area contributed by atoms with Crippen molar-refractivity contribution in [2.45, 2.75) is 70.9 Å². The van der Waals surface area contributed by atoms with E-state index in [-0.39, 0.29) is 23.4 Å². The minimum Gasteiger partial charge on any atom is -0.352 e. The smallest absolute Gasteiger partial charge is 0.264 e. The number of nitrogens with zero attached hydrogens (tertiary/aromatic N) is 2. The monoisotopic (exact) mass is 597 g/mol. The van der Waals surface area contributed by atoms with E-state index in [1.807, 2.05) is 58.0 Å². The Labute approximate surface area is 249 Å². The van der Waals surface area contributed by atoms with Gasteiger partial charge in [0.25, 0.3) is 10.0 Å². The van der Waals surface area contributed by atoms with E-state index in [4.69, 9.17) is 11.6 Å². The van der Waals surface area contributed by atoms with Crippen molar-refractivity contribution in [1.29, 1.82) is 0 Å². The normalized spacial score (nSPS) is 12.8. The molecule has 2 amide bonds. The Bertz CT molecular complexity index is 1430. The first-order valence-corrected chi connectivity index (χ1v) is 15.8. The molecule has 0 saturated heterocycles. The highest BCUT2D eigenvalue weighted by atomic mass is 35.5. The molecule has 0 radical (unpaired) electrons. The maximum Gasteiger partial charge on any atom is 0.264 e. The van der Waals surface area contributed by atoms with Crippen LogP contribution in [0.1, 0.15) is 50.3 Å². The minimum absolute atomic E-state index is 0.0600. The number of carbonyl (C=O) groups is 2. The molecular weight excluding hydrogens is 558 g/mol. The van der Waals surface area contributed by atoms with Gasteiger partial charge < -0.3 is 10.2 Å². The van der Waals surface area contributed by atoms with Crippen LogP contribution < -0.4 is 9.62 Å². The van der Waals surface area contributed by atoms with Gasteiger partial charge in [-0.05, 0) is 75.4 Å². The SMILES string of the molecule is CC[C@H](C)NC(=O)[C@H](CC)N(CCc1ccccc1)C(=O)CN(c1cc(Cl)ccc1C)S(=O)(=O)c1ccc(C)cc1. The Balaban J connectivity index is 2.05. The van der Waals surface area contributed by atoms with Gasteiger partial charge in [0.1, 0.15) is 12.6 Å². The number of sulfonamides is 1. The molecule has 0 unspecified atom stereocenters. The van der Waals surface area contributed by atoms with Gasteiger partial charge in [0, 0.05) is 17.6 Å². The molecule has 41 heavy (non-hydrogen) atoms. The van der Waals surface area contributed by atoms with Crippen molar-refractivity contribution >= 4 is 39.1 Å². The molecule has 0 aliphatic rings. The molecule has 0 spiro atoms. The first kappa shape index (κ1) is 32.2. The predicted molar refractivity (Wildman–Crippen MR) is 166 cm³/mol. The highest BCUT2D eigenvalue weighted by Crippen LogP contribution is 2.30. The Kier molecular flexibility index (Phi) is 11.4. The maximum atomic E-state index is 14.1. The van der Waals surface area contributed by atoms with E-state index < -0.39 is 28.5 Å². The summed E-state index contributed by atoms with van der Waals surface area (Å²) in [6.45, 7) is 9.16. The fraction of sp³-hybridized carbons (Fsp3) is 0.375. The highest BCUT2D eigenvalue weighted by molar-refractivity contribution is 7.92. The molecule has 9 heteroatoms. The summed E-state index contributed by atoms with van der Waals surface area (Å²) in [6, 6.07) is 20.3. The van der Waals surface area contributed by atoms with Gasteiger partial charge in [-0.3, -0.25) is 13.9 Å². The van der Waals surface area contributed by atoms with Crippen molar-refractivity contribution in [2.75, 3.05) is 17.4 Å². The van der Waals surface area contributed by atoms with Crippen LogP contribution in [0.4, 0.5) is 5.69 Å². The first-order chi connectivity index (χ1) is 19.5. The van der Waals surface area contributed by atoms with Crippen molar-refractivity contribution < 1.29 is 18.0 Å². The second kappa shape index (κ2) is 14.5. The van der Waals surface area contributed by atoms with Gasteiger partial charge in [-0.15, -0.1) is 0 Å². The van der Waals surface area contributed by atoms with Crippen molar-refractivity contribution in [3.05, 3.63) is 94.5 Å². The lowest BCUT2D eigenvalue weighted by atomic mass is 10.1. The number of nitrogens with one attached hydrogen (secondary N) is 1. The summed E-state index contributed by atoms with van der Waals surface area (Å²) >= 11 is 6.30. The summed E-state index contributed by atoms with van der Waals surface area (Å²) in [5.41, 5.74) is 2.88. The summed E-state index contributed by atoms with van der Waals surface area (Å²) in [5.74, 6) is -0.725. The predicted octanol–water partition coefficient (Wildman–Crippen LogP) is 5.92. The van der Waals surface area contributed by atoms with Crippen molar-refractivity contribution in [1.82, 2.24) is 10.2 Å². The quantitative estimate of drug-likeness (QED) is 0.265. The third-order valence-electron chi connectivity index (χ3n) is 7.20. The molecule has 0 saturated carbocycles. The van der Waals surface area contributed by atoms with E-state index in [0.717, 1.165) is 21.9 Å². The molecule has 220 valence electrons. The Morgan fingerprint density at radius 3 is 2.20 bits per heavy atom. The number of anilines is 1. The number of aryl methyl sites for hydroxylation is 2. The lowest BCUT2D eigenvalue weighted by Gasteiger charge is -2.34. The number of carbonyl (C=O) groups excluding carboxylic acids is 2. The van der Waals surface area contributed by atoms with Gasteiger partial charge in [-0.25, -0.2) is 8.42 Å². The number of benzene rings is 3. The lowest BCUT2D eigenvalue weighted by molar-refractivity contribution is -0.139. The van der Waals surface area contributed by atoms with Crippen LogP contribution in [-0.4, -0.2) is 50.3 Å². The fourth-order valence-corrected chi connectivity index (χ4v) is 6.18. The van der Waals surface area contributed by atoms with Crippen LogP contribution in [0.3, 0.4) is 0 Å². The summed E-state index contributed by atoms with van der Waals surface area (Å²) in [6.07, 6.45) is 1.64. The molecule has 2 atom stereocenters. The molecular formula is C32H40ClN3O4S. The topological polar surface area (TPSA) is 86.8 Å². The Hall–Kier alpha value is -3.36. The van der Waals surface area contributed by atoms with Crippen molar-refractivity contribution in [2.24, 2.45) is 0 Å². The standard InChI is InChI=1S/C32H40ClN3O4S/c1-6-25(5)34-32(38)29(7-2)35(20-19-26-11-9-8-10-12-26)31(37)22-36(30-21-27(33)16-15-24(30)4)41(39,40)28-17-13-23(3)14-18-28/h8-18,21,25,29H,6-7,19-20,22H2,1-5H3,(H,34,38)/t25-,29-/m0/s1. The van der Waals surface area contributed by atoms with E-state index in [1.165, 1.54) is 17.0 Å². The molecule has 0 aliphatic heterocycles. The summed E-state index contributed by atoms with van der Waals surface area (Å²) in [4.78, 5) is 29.1. The number of halogens is 1. The van der Waals surface area contributed by atoms with Crippen molar-refractivity contribution in [3.63, 3.8) is 0 Å². The second-order valence-corrected chi connectivity index (χ2v) is 12.6. The third-order valence-corrected chi connectivity index (χ3v) is 9.21. The number of hydrogen-bond acceptors (Lipinski definition) is 4. The van der Waals surface area contributed by atoms with Gasteiger partial charge in [0.2, 0.25) is 11.8 Å². The van der Waals surface area contributed by atoms with Crippen LogP contribution in [-0.2, 0) is 26.0 Å². The third kappa shape index (κ3) is 8.33. The highest BCUT2D eigenvalue weighted by Gasteiger charge is 2.34. The zero-order valence-electron chi connectivity index (χ0n) is 24.4. The minimum atomic E-state index is -4.15. The molecule has 0 bridgehead atoms. The molecule has 3 rings (SSSR count). The van der Waals surface area contributed by atoms with E-state index in [2.05, 4.69) is 5.32 Å². The van der Waals surface area contributed by atoms with Gasteiger partial charge in [0.05, 0.1) is 10.6 Å². The van der Waals surface area contributed by atoms with Gasteiger partial charge in [-0.1, -0.05) is 79.5 Å².